The molecule has 0 saturated heterocycles. The van der Waals surface area contributed by atoms with Crippen LogP contribution in [0.4, 0.5) is 0 Å². The number of rotatable bonds is 3. The summed E-state index contributed by atoms with van der Waals surface area (Å²) in [4.78, 5) is 0. The Balaban J connectivity index is 2.67. The van der Waals surface area contributed by atoms with Crippen LogP contribution in [-0.4, -0.2) is 11.1 Å². The minimum Gasteiger partial charge on any atom is -0.508 e. The van der Waals surface area contributed by atoms with Crippen LogP contribution in [0.2, 0.25) is 0 Å². The zero-order chi connectivity index (χ0) is 9.84. The van der Waals surface area contributed by atoms with Gasteiger partial charge in [-0.05, 0) is 17.7 Å². The van der Waals surface area contributed by atoms with E-state index < -0.39 is 0 Å². The van der Waals surface area contributed by atoms with Crippen molar-refractivity contribution in [3.63, 3.8) is 0 Å². The molecule has 0 fully saturated rings. The molecule has 0 amide bonds. The number of benzene rings is 1. The number of phenols is 1. The van der Waals surface area contributed by atoms with E-state index in [1.165, 1.54) is 0 Å². The van der Waals surface area contributed by atoms with Crippen molar-refractivity contribution in [3.8, 4) is 5.75 Å². The normalized spacial score (nSPS) is 10.8. The van der Waals surface area contributed by atoms with Gasteiger partial charge in [0.2, 0.25) is 0 Å². The van der Waals surface area contributed by atoms with Crippen LogP contribution in [0.15, 0.2) is 22.7 Å². The first-order valence-electron chi connectivity index (χ1n) is 4.30. The molecule has 0 aliphatic rings. The Labute approximate surface area is 87.1 Å². The van der Waals surface area contributed by atoms with E-state index in [2.05, 4.69) is 35.1 Å². The van der Waals surface area contributed by atoms with Gasteiger partial charge in [-0.1, -0.05) is 35.8 Å². The molecule has 0 unspecified atom stereocenters. The molecule has 1 rings (SSSR count). The summed E-state index contributed by atoms with van der Waals surface area (Å²) in [5, 5.41) is 12.5. The predicted octanol–water partition coefficient (Wildman–Crippen LogP) is 2.65. The van der Waals surface area contributed by atoms with Crippen molar-refractivity contribution in [1.82, 2.24) is 5.32 Å². The Morgan fingerprint density at radius 2 is 2.15 bits per heavy atom. The van der Waals surface area contributed by atoms with Gasteiger partial charge < -0.3 is 10.4 Å². The second-order valence-electron chi connectivity index (χ2n) is 3.31. The van der Waals surface area contributed by atoms with Crippen molar-refractivity contribution in [1.29, 1.82) is 0 Å². The van der Waals surface area contributed by atoms with Crippen LogP contribution in [0.5, 0.6) is 5.75 Å². The summed E-state index contributed by atoms with van der Waals surface area (Å²) >= 11 is 3.40. The summed E-state index contributed by atoms with van der Waals surface area (Å²) in [6.45, 7) is 5.03. The molecule has 0 aliphatic carbocycles. The van der Waals surface area contributed by atoms with Crippen LogP contribution in [-0.2, 0) is 6.54 Å². The number of hydrogen-bond acceptors (Lipinski definition) is 2. The SMILES string of the molecule is CC(C)NCc1ccc(O)cc1Br. The van der Waals surface area contributed by atoms with E-state index in [1.807, 2.05) is 6.07 Å². The molecule has 0 bridgehead atoms. The highest BCUT2D eigenvalue weighted by Crippen LogP contribution is 2.21. The molecule has 0 atom stereocenters. The van der Waals surface area contributed by atoms with Crippen LogP contribution in [0, 0.1) is 0 Å². The first-order chi connectivity index (χ1) is 6.09. The Bertz CT molecular complexity index is 286. The molecule has 0 spiro atoms. The molecule has 0 heterocycles. The van der Waals surface area contributed by atoms with Gasteiger partial charge in [-0.25, -0.2) is 0 Å². The van der Waals surface area contributed by atoms with Gasteiger partial charge in [-0.2, -0.15) is 0 Å². The maximum absolute atomic E-state index is 9.16. The molecule has 1 aromatic rings. The molecule has 2 nitrogen and oxygen atoms in total. The Morgan fingerprint density at radius 1 is 1.46 bits per heavy atom. The molecule has 2 N–H and O–H groups in total. The zero-order valence-corrected chi connectivity index (χ0v) is 9.43. The first-order valence-corrected chi connectivity index (χ1v) is 5.09. The fourth-order valence-corrected chi connectivity index (χ4v) is 1.50. The molecule has 0 aromatic heterocycles. The molecule has 1 aromatic carbocycles. The van der Waals surface area contributed by atoms with Crippen molar-refractivity contribution < 1.29 is 5.11 Å². The molecular formula is C10H14BrNO. The van der Waals surface area contributed by atoms with Gasteiger partial charge in [0.05, 0.1) is 0 Å². The number of nitrogens with one attached hydrogen (secondary N) is 1. The molecule has 72 valence electrons. The van der Waals surface area contributed by atoms with Crippen molar-refractivity contribution >= 4 is 15.9 Å². The molecule has 0 aliphatic heterocycles. The summed E-state index contributed by atoms with van der Waals surface area (Å²) in [6, 6.07) is 5.79. The molecule has 0 saturated carbocycles. The topological polar surface area (TPSA) is 32.3 Å². The lowest BCUT2D eigenvalue weighted by molar-refractivity contribution is 0.474. The first kappa shape index (κ1) is 10.5. The van der Waals surface area contributed by atoms with E-state index in [4.69, 9.17) is 5.11 Å². The smallest absolute Gasteiger partial charge is 0.116 e. The summed E-state index contributed by atoms with van der Waals surface area (Å²) in [7, 11) is 0. The summed E-state index contributed by atoms with van der Waals surface area (Å²) < 4.78 is 0.945. The quantitative estimate of drug-likeness (QED) is 0.856. The maximum atomic E-state index is 9.16. The van der Waals surface area contributed by atoms with Crippen LogP contribution >= 0.6 is 15.9 Å². The highest BCUT2D eigenvalue weighted by molar-refractivity contribution is 9.10. The van der Waals surface area contributed by atoms with Crippen LogP contribution in [0.3, 0.4) is 0 Å². The fraction of sp³-hybridized carbons (Fsp3) is 0.400. The molecular weight excluding hydrogens is 230 g/mol. The summed E-state index contributed by atoms with van der Waals surface area (Å²) in [5.74, 6) is 0.292. The third kappa shape index (κ3) is 3.36. The molecule has 3 heteroatoms. The Hall–Kier alpha value is -0.540. The summed E-state index contributed by atoms with van der Waals surface area (Å²) in [5.41, 5.74) is 1.16. The van der Waals surface area contributed by atoms with Crippen LogP contribution in [0.25, 0.3) is 0 Å². The lowest BCUT2D eigenvalue weighted by atomic mass is 10.2. The van der Waals surface area contributed by atoms with Crippen molar-refractivity contribution in [2.45, 2.75) is 26.4 Å². The molecule has 0 radical (unpaired) electrons. The second kappa shape index (κ2) is 4.63. The van der Waals surface area contributed by atoms with Gasteiger partial charge in [0.15, 0.2) is 0 Å². The van der Waals surface area contributed by atoms with Crippen molar-refractivity contribution in [2.75, 3.05) is 0 Å². The third-order valence-corrected chi connectivity index (χ3v) is 2.48. The van der Waals surface area contributed by atoms with Crippen molar-refractivity contribution in [2.24, 2.45) is 0 Å². The highest BCUT2D eigenvalue weighted by atomic mass is 79.9. The third-order valence-electron chi connectivity index (χ3n) is 1.74. The van der Waals surface area contributed by atoms with Gasteiger partial charge in [0, 0.05) is 17.1 Å². The minimum absolute atomic E-state index is 0.292. The lowest BCUT2D eigenvalue weighted by Gasteiger charge is -2.09. The van der Waals surface area contributed by atoms with Gasteiger partial charge in [0.1, 0.15) is 5.75 Å². The minimum atomic E-state index is 0.292. The highest BCUT2D eigenvalue weighted by Gasteiger charge is 2.01. The lowest BCUT2D eigenvalue weighted by Crippen LogP contribution is -2.21. The van der Waals surface area contributed by atoms with E-state index in [0.717, 1.165) is 16.6 Å². The standard InChI is InChI=1S/C10H14BrNO/c1-7(2)12-6-8-3-4-9(13)5-10(8)11/h3-5,7,12-13H,6H2,1-2H3. The number of hydrogen-bond donors (Lipinski definition) is 2. The second-order valence-corrected chi connectivity index (χ2v) is 4.17. The van der Waals surface area contributed by atoms with Gasteiger partial charge >= 0.3 is 0 Å². The van der Waals surface area contributed by atoms with Gasteiger partial charge in [-0.3, -0.25) is 0 Å². The summed E-state index contributed by atoms with van der Waals surface area (Å²) in [6.07, 6.45) is 0. The average molecular weight is 244 g/mol. The van der Waals surface area contributed by atoms with Crippen LogP contribution in [0.1, 0.15) is 19.4 Å². The average Bonchev–Trinajstić information content (AvgIpc) is 2.02. The van der Waals surface area contributed by atoms with E-state index in [9.17, 15) is 0 Å². The van der Waals surface area contributed by atoms with Crippen molar-refractivity contribution in [3.05, 3.63) is 28.2 Å². The predicted molar refractivity (Wildman–Crippen MR) is 57.8 cm³/mol. The van der Waals surface area contributed by atoms with Gasteiger partial charge in [0.25, 0.3) is 0 Å². The van der Waals surface area contributed by atoms with E-state index in [1.54, 1.807) is 12.1 Å². The number of aromatic hydroxyl groups is 1. The fourth-order valence-electron chi connectivity index (χ4n) is 0.994. The monoisotopic (exact) mass is 243 g/mol. The van der Waals surface area contributed by atoms with E-state index in [-0.39, 0.29) is 0 Å². The Morgan fingerprint density at radius 3 is 2.69 bits per heavy atom. The molecule has 13 heavy (non-hydrogen) atoms. The van der Waals surface area contributed by atoms with E-state index in [0.29, 0.717) is 11.8 Å². The van der Waals surface area contributed by atoms with Crippen LogP contribution < -0.4 is 5.32 Å². The maximum Gasteiger partial charge on any atom is 0.116 e. The number of halogens is 1. The number of phenolic OH excluding ortho intramolecular Hbond substituents is 1. The van der Waals surface area contributed by atoms with Gasteiger partial charge in [-0.15, -0.1) is 0 Å². The largest absolute Gasteiger partial charge is 0.508 e. The zero-order valence-electron chi connectivity index (χ0n) is 7.84. The Kier molecular flexibility index (Phi) is 3.75. The van der Waals surface area contributed by atoms with E-state index >= 15 is 0 Å².